The summed E-state index contributed by atoms with van der Waals surface area (Å²) in [5.41, 5.74) is -2.83. The zero-order chi connectivity index (χ0) is 23.1. The molecule has 32 heavy (non-hydrogen) atoms. The van der Waals surface area contributed by atoms with Crippen LogP contribution >= 0.6 is 23.1 Å². The number of imidazole rings is 1. The van der Waals surface area contributed by atoms with Crippen LogP contribution in [-0.2, 0) is 24.1 Å². The van der Waals surface area contributed by atoms with Crippen molar-refractivity contribution in [3.05, 3.63) is 71.0 Å². The molecule has 3 aromatic heterocycles. The third kappa shape index (κ3) is 4.50. The van der Waals surface area contributed by atoms with Gasteiger partial charge in [-0.2, -0.15) is 18.3 Å². The molecule has 0 spiro atoms. The van der Waals surface area contributed by atoms with E-state index in [2.05, 4.69) is 15.1 Å². The Balaban J connectivity index is 1.56. The minimum Gasteiger partial charge on any atom is -0.382 e. The Labute approximate surface area is 186 Å². The first kappa shape index (κ1) is 22.7. The van der Waals surface area contributed by atoms with Crippen molar-refractivity contribution in [3.8, 4) is 0 Å². The van der Waals surface area contributed by atoms with Crippen LogP contribution in [0.4, 0.5) is 22.0 Å². The van der Waals surface area contributed by atoms with Crippen molar-refractivity contribution in [1.29, 1.82) is 0 Å². The molecule has 0 aliphatic carbocycles. The summed E-state index contributed by atoms with van der Waals surface area (Å²) >= 11 is 2.36. The van der Waals surface area contributed by atoms with Crippen LogP contribution < -0.4 is 0 Å². The van der Waals surface area contributed by atoms with Crippen LogP contribution in [0, 0.1) is 11.6 Å². The molecule has 1 aromatic carbocycles. The second-order valence-electron chi connectivity index (χ2n) is 7.11. The maximum Gasteiger partial charge on any atom is 0.434 e. The fourth-order valence-corrected chi connectivity index (χ4v) is 5.39. The number of alkyl halides is 3. The van der Waals surface area contributed by atoms with Gasteiger partial charge in [-0.25, -0.2) is 23.4 Å². The summed E-state index contributed by atoms with van der Waals surface area (Å²) < 4.78 is 69.0. The fraction of sp³-hybridized carbons (Fsp3) is 0.316. The molecule has 6 nitrogen and oxygen atoms in total. The van der Waals surface area contributed by atoms with Gasteiger partial charge in [0.1, 0.15) is 29.9 Å². The predicted octanol–water partition coefficient (Wildman–Crippen LogP) is 4.49. The predicted molar refractivity (Wildman–Crippen MR) is 109 cm³/mol. The van der Waals surface area contributed by atoms with Gasteiger partial charge in [0, 0.05) is 39.9 Å². The number of hydrogen-bond acceptors (Lipinski definition) is 6. The van der Waals surface area contributed by atoms with E-state index in [1.54, 1.807) is 6.92 Å². The SMILES string of the molecule is C[C@@H](SCc1cn2cc(C(F)(F)F)nc2s1)[C@](O)(Cn1cncn1)c1ccc(F)cc1F. The normalized spacial score (nSPS) is 15.2. The summed E-state index contributed by atoms with van der Waals surface area (Å²) in [6.45, 7) is 1.55. The molecule has 170 valence electrons. The molecule has 0 amide bonds. The Hall–Kier alpha value is -2.51. The first-order valence-corrected chi connectivity index (χ1v) is 11.1. The maximum absolute atomic E-state index is 14.6. The van der Waals surface area contributed by atoms with Gasteiger partial charge in [0.25, 0.3) is 0 Å². The van der Waals surface area contributed by atoms with Crippen LogP contribution in [0.15, 0.2) is 43.2 Å². The molecule has 3 heterocycles. The van der Waals surface area contributed by atoms with Crippen molar-refractivity contribution in [1.82, 2.24) is 24.1 Å². The fourth-order valence-electron chi connectivity index (χ4n) is 3.23. The number of nitrogens with zero attached hydrogens (tertiary/aromatic N) is 5. The van der Waals surface area contributed by atoms with Crippen LogP contribution in [0.25, 0.3) is 4.96 Å². The number of benzene rings is 1. The molecular formula is C19H16F5N5OS2. The monoisotopic (exact) mass is 489 g/mol. The highest BCUT2D eigenvalue weighted by atomic mass is 32.2. The van der Waals surface area contributed by atoms with Crippen LogP contribution in [0.5, 0.6) is 0 Å². The minimum absolute atomic E-state index is 0.0924. The Morgan fingerprint density at radius 2 is 2.00 bits per heavy atom. The first-order valence-electron chi connectivity index (χ1n) is 9.23. The van der Waals surface area contributed by atoms with E-state index in [0.29, 0.717) is 11.8 Å². The molecule has 0 aliphatic rings. The van der Waals surface area contributed by atoms with Gasteiger partial charge in [-0.1, -0.05) is 13.0 Å². The molecular weight excluding hydrogens is 473 g/mol. The van der Waals surface area contributed by atoms with Crippen LogP contribution in [-0.4, -0.2) is 34.5 Å². The van der Waals surface area contributed by atoms with Gasteiger partial charge in [-0.3, -0.25) is 4.40 Å². The second kappa shape index (κ2) is 8.45. The zero-order valence-corrected chi connectivity index (χ0v) is 18.1. The lowest BCUT2D eigenvalue weighted by molar-refractivity contribution is -0.140. The number of fused-ring (bicyclic) bond motifs is 1. The number of halogens is 5. The topological polar surface area (TPSA) is 68.2 Å². The van der Waals surface area contributed by atoms with Gasteiger partial charge >= 0.3 is 6.18 Å². The molecule has 0 fully saturated rings. The van der Waals surface area contributed by atoms with E-state index in [4.69, 9.17) is 0 Å². The number of hydrogen-bond donors (Lipinski definition) is 1. The maximum atomic E-state index is 14.6. The van der Waals surface area contributed by atoms with Gasteiger partial charge < -0.3 is 5.11 Å². The lowest BCUT2D eigenvalue weighted by Crippen LogP contribution is -2.41. The highest BCUT2D eigenvalue weighted by molar-refractivity contribution is 7.99. The number of aromatic nitrogens is 5. The summed E-state index contributed by atoms with van der Waals surface area (Å²) in [5, 5.41) is 14.8. The molecule has 0 aliphatic heterocycles. The number of rotatable bonds is 7. The van der Waals surface area contributed by atoms with Crippen molar-refractivity contribution < 1.29 is 27.1 Å². The van der Waals surface area contributed by atoms with Crippen molar-refractivity contribution >= 4 is 28.1 Å². The molecule has 4 aromatic rings. The molecule has 2 atom stereocenters. The van der Waals surface area contributed by atoms with Crippen LogP contribution in [0.2, 0.25) is 0 Å². The quantitative estimate of drug-likeness (QED) is 0.388. The molecule has 0 bridgehead atoms. The molecule has 0 saturated carbocycles. The van der Waals surface area contributed by atoms with E-state index in [0.717, 1.165) is 28.5 Å². The van der Waals surface area contributed by atoms with Gasteiger partial charge in [-0.05, 0) is 6.07 Å². The molecule has 1 N–H and O–H groups in total. The molecule has 0 radical (unpaired) electrons. The number of aliphatic hydroxyl groups is 1. The summed E-state index contributed by atoms with van der Waals surface area (Å²) in [7, 11) is 0. The summed E-state index contributed by atoms with van der Waals surface area (Å²) in [4.78, 5) is 8.34. The Bertz CT molecular complexity index is 1190. The summed E-state index contributed by atoms with van der Waals surface area (Å²) in [6.07, 6.45) is 0.577. The smallest absolute Gasteiger partial charge is 0.382 e. The zero-order valence-electron chi connectivity index (χ0n) is 16.4. The third-order valence-corrected chi connectivity index (χ3v) is 7.46. The third-order valence-electron chi connectivity index (χ3n) is 4.91. The van der Waals surface area contributed by atoms with Crippen molar-refractivity contribution in [2.24, 2.45) is 0 Å². The average molecular weight is 489 g/mol. The van der Waals surface area contributed by atoms with E-state index in [-0.39, 0.29) is 17.1 Å². The second-order valence-corrected chi connectivity index (χ2v) is 9.53. The highest BCUT2D eigenvalue weighted by Crippen LogP contribution is 2.38. The summed E-state index contributed by atoms with van der Waals surface area (Å²) in [6, 6.07) is 2.96. The Morgan fingerprint density at radius 1 is 1.22 bits per heavy atom. The minimum atomic E-state index is -4.52. The van der Waals surface area contributed by atoms with Gasteiger partial charge in [0.2, 0.25) is 0 Å². The van der Waals surface area contributed by atoms with E-state index in [1.165, 1.54) is 45.8 Å². The van der Waals surface area contributed by atoms with E-state index in [1.807, 2.05) is 0 Å². The van der Waals surface area contributed by atoms with E-state index < -0.39 is 34.4 Å². The van der Waals surface area contributed by atoms with E-state index in [9.17, 15) is 27.1 Å². The van der Waals surface area contributed by atoms with Gasteiger partial charge in [0.15, 0.2) is 10.7 Å². The average Bonchev–Trinajstić information content (AvgIpc) is 3.41. The Morgan fingerprint density at radius 3 is 2.62 bits per heavy atom. The van der Waals surface area contributed by atoms with E-state index >= 15 is 0 Å². The lowest BCUT2D eigenvalue weighted by atomic mass is 9.90. The molecule has 4 rings (SSSR count). The van der Waals surface area contributed by atoms with Crippen molar-refractivity contribution in [3.63, 3.8) is 0 Å². The highest BCUT2D eigenvalue weighted by Gasteiger charge is 2.39. The first-order chi connectivity index (χ1) is 15.1. The number of thiazole rings is 1. The van der Waals surface area contributed by atoms with Crippen molar-refractivity contribution in [2.75, 3.05) is 0 Å². The van der Waals surface area contributed by atoms with Gasteiger partial charge in [0.05, 0.1) is 6.54 Å². The largest absolute Gasteiger partial charge is 0.434 e. The number of thioether (sulfide) groups is 1. The Kier molecular flexibility index (Phi) is 5.98. The van der Waals surface area contributed by atoms with Gasteiger partial charge in [-0.15, -0.1) is 23.1 Å². The van der Waals surface area contributed by atoms with Crippen LogP contribution in [0.1, 0.15) is 23.1 Å². The molecule has 13 heteroatoms. The van der Waals surface area contributed by atoms with Crippen LogP contribution in [0.3, 0.4) is 0 Å². The molecule has 0 unspecified atom stereocenters. The van der Waals surface area contributed by atoms with Crippen molar-refractivity contribution in [2.45, 2.75) is 36.2 Å². The summed E-state index contributed by atoms with van der Waals surface area (Å²) in [5.74, 6) is -1.33. The molecule has 0 saturated heterocycles. The lowest BCUT2D eigenvalue weighted by Gasteiger charge is -2.34. The standard InChI is InChI=1S/C19H16F5N5OS2/c1-11(31-7-13-5-28-6-16(19(22,23)24)27-17(28)32-13)18(30,8-29-10-25-9-26-29)14-3-2-12(20)4-15(14)21/h2-6,9-11,30H,7-8H2,1H3/t11-,18-/m1/s1.